The number of hydrogen-bond acceptors (Lipinski definition) is 5. The van der Waals surface area contributed by atoms with Crippen molar-refractivity contribution in [2.75, 3.05) is 11.6 Å². The fourth-order valence-electron chi connectivity index (χ4n) is 2.48. The van der Waals surface area contributed by atoms with Crippen molar-refractivity contribution in [2.45, 2.75) is 4.90 Å². The molecule has 3 aromatic carbocycles. The number of hydrogen-bond donors (Lipinski definition) is 1. The molecule has 0 saturated carbocycles. The van der Waals surface area contributed by atoms with Crippen LogP contribution in [0.1, 0.15) is 10.4 Å². The first kappa shape index (κ1) is 19.7. The van der Waals surface area contributed by atoms with Crippen molar-refractivity contribution in [3.8, 4) is 11.5 Å². The van der Waals surface area contributed by atoms with Gasteiger partial charge < -0.3 is 10.1 Å². The summed E-state index contributed by atoms with van der Waals surface area (Å²) in [7, 11) is 0. The van der Waals surface area contributed by atoms with E-state index in [9.17, 15) is 14.9 Å². The molecule has 0 spiro atoms. The van der Waals surface area contributed by atoms with Crippen LogP contribution in [-0.4, -0.2) is 17.1 Å². The predicted octanol–water partition coefficient (Wildman–Crippen LogP) is 6.01. The smallest absolute Gasteiger partial charge is 0.282 e. The number of carbonyl (C=O) groups is 1. The van der Waals surface area contributed by atoms with Gasteiger partial charge in [0.1, 0.15) is 11.3 Å². The highest BCUT2D eigenvalue weighted by molar-refractivity contribution is 7.98. The Balaban J connectivity index is 1.92. The average Bonchev–Trinajstić information content (AvgIpc) is 2.70. The molecular formula is C20H15ClN2O4S. The van der Waals surface area contributed by atoms with Crippen LogP contribution in [0, 0.1) is 10.1 Å². The highest BCUT2D eigenvalue weighted by Crippen LogP contribution is 2.34. The number of nitro benzene ring substituents is 1. The minimum atomic E-state index is -0.599. The van der Waals surface area contributed by atoms with Gasteiger partial charge in [0.25, 0.3) is 11.6 Å². The number of nitrogens with zero attached hydrogens (tertiary/aromatic N) is 1. The molecule has 0 atom stereocenters. The third-order valence-corrected chi connectivity index (χ3v) is 4.87. The van der Waals surface area contributed by atoms with E-state index in [1.54, 1.807) is 54.6 Å². The third-order valence-electron chi connectivity index (χ3n) is 3.84. The molecule has 0 fully saturated rings. The third kappa shape index (κ3) is 4.44. The zero-order valence-corrected chi connectivity index (χ0v) is 16.3. The summed E-state index contributed by atoms with van der Waals surface area (Å²) >= 11 is 7.52. The normalized spacial score (nSPS) is 10.4. The fourth-order valence-corrected chi connectivity index (χ4v) is 3.09. The highest BCUT2D eigenvalue weighted by atomic mass is 35.5. The molecule has 1 N–H and O–H groups in total. The second-order valence-corrected chi connectivity index (χ2v) is 6.91. The van der Waals surface area contributed by atoms with Crippen molar-refractivity contribution >= 4 is 40.6 Å². The van der Waals surface area contributed by atoms with E-state index in [1.165, 1.54) is 23.9 Å². The van der Waals surface area contributed by atoms with E-state index < -0.39 is 10.8 Å². The van der Waals surface area contributed by atoms with Gasteiger partial charge in [-0.1, -0.05) is 35.9 Å². The topological polar surface area (TPSA) is 81.5 Å². The van der Waals surface area contributed by atoms with E-state index >= 15 is 0 Å². The molecule has 3 aromatic rings. The summed E-state index contributed by atoms with van der Waals surface area (Å²) in [5.41, 5.74) is 0.0838. The molecule has 0 bridgehead atoms. The summed E-state index contributed by atoms with van der Waals surface area (Å²) in [6.07, 6.45) is 1.83. The number of amides is 1. The van der Waals surface area contributed by atoms with E-state index in [1.807, 2.05) is 6.26 Å². The standard InChI is InChI=1S/C20H15ClN2O4S/c1-28-13-10-11-17(23(25)26)14(12-13)20(24)22-16-7-3-5-9-19(16)27-18-8-4-2-6-15(18)21/h2-12H,1H3,(H,22,24). The summed E-state index contributed by atoms with van der Waals surface area (Å²) in [6, 6.07) is 18.2. The lowest BCUT2D eigenvalue weighted by Gasteiger charge is -2.13. The molecule has 8 heteroatoms. The maximum absolute atomic E-state index is 12.8. The molecule has 28 heavy (non-hydrogen) atoms. The van der Waals surface area contributed by atoms with Gasteiger partial charge in [0.05, 0.1) is 15.6 Å². The maximum atomic E-state index is 12.8. The maximum Gasteiger partial charge on any atom is 0.282 e. The van der Waals surface area contributed by atoms with Crippen molar-refractivity contribution in [3.05, 3.63) is 87.4 Å². The number of ether oxygens (including phenoxy) is 1. The minimum Gasteiger partial charge on any atom is -0.454 e. The van der Waals surface area contributed by atoms with Crippen LogP contribution in [0.5, 0.6) is 11.5 Å². The number of rotatable bonds is 6. The lowest BCUT2D eigenvalue weighted by Crippen LogP contribution is -2.14. The molecule has 0 heterocycles. The molecule has 0 saturated heterocycles. The Labute approximate surface area is 170 Å². The number of nitro groups is 1. The zero-order chi connectivity index (χ0) is 20.1. The Morgan fingerprint density at radius 1 is 1.07 bits per heavy atom. The molecular weight excluding hydrogens is 400 g/mol. The van der Waals surface area contributed by atoms with Gasteiger partial charge in [-0.15, -0.1) is 11.8 Å². The zero-order valence-electron chi connectivity index (χ0n) is 14.7. The first-order chi connectivity index (χ1) is 13.5. The summed E-state index contributed by atoms with van der Waals surface area (Å²) in [5.74, 6) is 0.201. The van der Waals surface area contributed by atoms with Crippen LogP contribution in [0.15, 0.2) is 71.6 Å². The van der Waals surface area contributed by atoms with Gasteiger partial charge in [0, 0.05) is 11.0 Å². The molecule has 3 rings (SSSR count). The lowest BCUT2D eigenvalue weighted by atomic mass is 10.1. The van der Waals surface area contributed by atoms with Gasteiger partial charge in [-0.25, -0.2) is 0 Å². The SMILES string of the molecule is CSc1ccc([N+](=O)[O-])c(C(=O)Nc2ccccc2Oc2ccccc2Cl)c1. The molecule has 0 radical (unpaired) electrons. The van der Waals surface area contributed by atoms with Crippen LogP contribution < -0.4 is 10.1 Å². The molecule has 1 amide bonds. The number of benzene rings is 3. The van der Waals surface area contributed by atoms with Crippen molar-refractivity contribution in [3.63, 3.8) is 0 Å². The fraction of sp³-hybridized carbons (Fsp3) is 0.0500. The van der Waals surface area contributed by atoms with Gasteiger partial charge in [-0.2, -0.15) is 0 Å². The minimum absolute atomic E-state index is 0.0237. The molecule has 0 aliphatic heterocycles. The molecule has 0 aliphatic rings. The first-order valence-electron chi connectivity index (χ1n) is 8.15. The van der Waals surface area contributed by atoms with Gasteiger partial charge in [0.2, 0.25) is 0 Å². The van der Waals surface area contributed by atoms with E-state index in [4.69, 9.17) is 16.3 Å². The number of nitrogens with one attached hydrogen (secondary N) is 1. The number of anilines is 1. The molecule has 0 aliphatic carbocycles. The van der Waals surface area contributed by atoms with Crippen LogP contribution in [0.25, 0.3) is 0 Å². The second-order valence-electron chi connectivity index (χ2n) is 5.62. The van der Waals surface area contributed by atoms with E-state index in [0.29, 0.717) is 22.2 Å². The van der Waals surface area contributed by atoms with Crippen LogP contribution in [0.4, 0.5) is 11.4 Å². The average molecular weight is 415 g/mol. The summed E-state index contributed by atoms with van der Waals surface area (Å²) in [6.45, 7) is 0. The second kappa shape index (κ2) is 8.77. The number of halogens is 1. The van der Waals surface area contributed by atoms with Crippen LogP contribution in [-0.2, 0) is 0 Å². The Morgan fingerprint density at radius 2 is 1.75 bits per heavy atom. The Bertz CT molecular complexity index is 1040. The van der Waals surface area contributed by atoms with Gasteiger partial charge in [-0.3, -0.25) is 14.9 Å². The van der Waals surface area contributed by atoms with E-state index in [2.05, 4.69) is 5.32 Å². The Hall–Kier alpha value is -3.03. The quantitative estimate of drug-likeness (QED) is 0.303. The molecule has 0 aromatic heterocycles. The Morgan fingerprint density at radius 3 is 2.43 bits per heavy atom. The Kier molecular flexibility index (Phi) is 6.18. The van der Waals surface area contributed by atoms with Crippen molar-refractivity contribution < 1.29 is 14.5 Å². The number of thioether (sulfide) groups is 1. The van der Waals surface area contributed by atoms with Crippen molar-refractivity contribution in [2.24, 2.45) is 0 Å². The summed E-state index contributed by atoms with van der Waals surface area (Å²) in [4.78, 5) is 24.2. The van der Waals surface area contributed by atoms with E-state index in [-0.39, 0.29) is 11.3 Å². The lowest BCUT2D eigenvalue weighted by molar-refractivity contribution is -0.385. The van der Waals surface area contributed by atoms with E-state index in [0.717, 1.165) is 4.90 Å². The highest BCUT2D eigenvalue weighted by Gasteiger charge is 2.22. The van der Waals surface area contributed by atoms with Gasteiger partial charge in [-0.05, 0) is 42.7 Å². The molecule has 142 valence electrons. The molecule has 6 nitrogen and oxygen atoms in total. The number of para-hydroxylation sites is 3. The predicted molar refractivity (Wildman–Crippen MR) is 111 cm³/mol. The van der Waals surface area contributed by atoms with Crippen molar-refractivity contribution in [1.82, 2.24) is 0 Å². The van der Waals surface area contributed by atoms with Crippen molar-refractivity contribution in [1.29, 1.82) is 0 Å². The first-order valence-corrected chi connectivity index (χ1v) is 9.75. The van der Waals surface area contributed by atoms with Crippen LogP contribution in [0.3, 0.4) is 0 Å². The summed E-state index contributed by atoms with van der Waals surface area (Å²) in [5, 5.41) is 14.4. The molecule has 0 unspecified atom stereocenters. The van der Waals surface area contributed by atoms with Gasteiger partial charge in [0.15, 0.2) is 5.75 Å². The monoisotopic (exact) mass is 414 g/mol. The summed E-state index contributed by atoms with van der Waals surface area (Å²) < 4.78 is 5.81. The largest absolute Gasteiger partial charge is 0.454 e. The van der Waals surface area contributed by atoms with Gasteiger partial charge >= 0.3 is 0 Å². The number of carbonyl (C=O) groups excluding carboxylic acids is 1. The van der Waals surface area contributed by atoms with Crippen LogP contribution in [0.2, 0.25) is 5.02 Å². The van der Waals surface area contributed by atoms with Crippen LogP contribution >= 0.6 is 23.4 Å².